The summed E-state index contributed by atoms with van der Waals surface area (Å²) in [6.45, 7) is 0. The second-order valence-electron chi connectivity index (χ2n) is 3.25. The van der Waals surface area contributed by atoms with Crippen LogP contribution in [-0.2, 0) is 0 Å². The highest BCUT2D eigenvalue weighted by Crippen LogP contribution is 2.22. The monoisotopic (exact) mass is 175 g/mol. The van der Waals surface area contributed by atoms with Gasteiger partial charge in [0.15, 0.2) is 5.65 Å². The minimum absolute atomic E-state index is 0.580. The van der Waals surface area contributed by atoms with Crippen LogP contribution in [0.3, 0.4) is 0 Å². The molecule has 0 amide bonds. The molecule has 1 fully saturated rings. The number of aromatic nitrogens is 4. The first kappa shape index (κ1) is 6.82. The molecule has 0 saturated heterocycles. The number of nitrogens with one attached hydrogen (secondary N) is 2. The third-order valence-electron chi connectivity index (χ3n) is 2.09. The average molecular weight is 175 g/mol. The Kier molecular flexibility index (Phi) is 1.27. The van der Waals surface area contributed by atoms with Gasteiger partial charge < -0.3 is 10.3 Å². The summed E-state index contributed by atoms with van der Waals surface area (Å²) in [6, 6.07) is 0.580. The van der Waals surface area contributed by atoms with Crippen molar-refractivity contribution in [1.29, 1.82) is 0 Å². The van der Waals surface area contributed by atoms with E-state index < -0.39 is 0 Å². The molecule has 2 aromatic heterocycles. The molecule has 0 spiro atoms. The number of H-pyrrole nitrogens is 1. The zero-order chi connectivity index (χ0) is 8.67. The lowest BCUT2D eigenvalue weighted by molar-refractivity contribution is 1.07. The summed E-state index contributed by atoms with van der Waals surface area (Å²) >= 11 is 0. The predicted octanol–water partition coefficient (Wildman–Crippen LogP) is 0.927. The van der Waals surface area contributed by atoms with Crippen molar-refractivity contribution in [3.8, 4) is 0 Å². The van der Waals surface area contributed by atoms with E-state index in [0.29, 0.717) is 12.0 Å². The Morgan fingerprint density at radius 1 is 1.38 bits per heavy atom. The molecule has 0 radical (unpaired) electrons. The van der Waals surface area contributed by atoms with E-state index in [9.17, 15) is 0 Å². The number of hydrogen-bond acceptors (Lipinski definition) is 4. The summed E-state index contributed by atoms with van der Waals surface area (Å²) in [5.74, 6) is 0.683. The lowest BCUT2D eigenvalue weighted by Crippen LogP contribution is -2.04. The summed E-state index contributed by atoms with van der Waals surface area (Å²) < 4.78 is 0. The normalized spacial score (nSPS) is 16.3. The fourth-order valence-corrected chi connectivity index (χ4v) is 1.22. The van der Waals surface area contributed by atoms with Crippen LogP contribution in [0.4, 0.5) is 5.95 Å². The third-order valence-corrected chi connectivity index (χ3v) is 2.09. The van der Waals surface area contributed by atoms with Gasteiger partial charge in [0, 0.05) is 6.04 Å². The first-order valence-electron chi connectivity index (χ1n) is 4.34. The van der Waals surface area contributed by atoms with Crippen LogP contribution >= 0.6 is 0 Å². The molecule has 1 aliphatic rings. The molecule has 2 N–H and O–H groups in total. The minimum Gasteiger partial charge on any atom is -0.351 e. The van der Waals surface area contributed by atoms with Crippen molar-refractivity contribution in [2.75, 3.05) is 5.32 Å². The maximum Gasteiger partial charge on any atom is 0.225 e. The molecular weight excluding hydrogens is 166 g/mol. The lowest BCUT2D eigenvalue weighted by Gasteiger charge is -1.99. The van der Waals surface area contributed by atoms with Crippen LogP contribution < -0.4 is 5.32 Å². The molecule has 13 heavy (non-hydrogen) atoms. The van der Waals surface area contributed by atoms with E-state index in [0.717, 1.165) is 11.2 Å². The second kappa shape index (κ2) is 2.42. The van der Waals surface area contributed by atoms with Gasteiger partial charge in [0.05, 0.1) is 12.5 Å². The summed E-state index contributed by atoms with van der Waals surface area (Å²) in [7, 11) is 0. The number of anilines is 1. The molecule has 1 aliphatic carbocycles. The Morgan fingerprint density at radius 2 is 2.31 bits per heavy atom. The van der Waals surface area contributed by atoms with Crippen molar-refractivity contribution in [2.45, 2.75) is 18.9 Å². The Hall–Kier alpha value is -1.65. The van der Waals surface area contributed by atoms with Crippen LogP contribution in [0.25, 0.3) is 11.2 Å². The Bertz CT molecular complexity index is 431. The zero-order valence-electron chi connectivity index (χ0n) is 6.99. The van der Waals surface area contributed by atoms with Crippen LogP contribution in [-0.4, -0.2) is 26.0 Å². The van der Waals surface area contributed by atoms with Crippen molar-refractivity contribution in [3.05, 3.63) is 12.5 Å². The maximum absolute atomic E-state index is 4.25. The standard InChI is InChI=1S/C8H9N5/c1-2-5(1)12-8-9-3-6-7(13-8)11-4-10-6/h3-5H,1-2H2,(H2,9,10,11,12,13). The van der Waals surface area contributed by atoms with Crippen LogP contribution in [0.5, 0.6) is 0 Å². The zero-order valence-corrected chi connectivity index (χ0v) is 6.99. The SMILES string of the molecule is c1nc2nc(NC3CC3)ncc2[nH]1. The van der Waals surface area contributed by atoms with Crippen LogP contribution in [0.1, 0.15) is 12.8 Å². The van der Waals surface area contributed by atoms with Crippen molar-refractivity contribution in [3.63, 3.8) is 0 Å². The highest BCUT2D eigenvalue weighted by Gasteiger charge is 2.21. The third kappa shape index (κ3) is 1.22. The Labute approximate surface area is 74.6 Å². The van der Waals surface area contributed by atoms with Gasteiger partial charge in [0.25, 0.3) is 0 Å². The van der Waals surface area contributed by atoms with Crippen molar-refractivity contribution in [1.82, 2.24) is 19.9 Å². The number of hydrogen-bond donors (Lipinski definition) is 2. The molecule has 2 heterocycles. The van der Waals surface area contributed by atoms with Gasteiger partial charge in [-0.15, -0.1) is 0 Å². The summed E-state index contributed by atoms with van der Waals surface area (Å²) in [6.07, 6.45) is 5.82. The van der Waals surface area contributed by atoms with Gasteiger partial charge in [-0.05, 0) is 12.8 Å². The molecule has 0 aliphatic heterocycles. The smallest absolute Gasteiger partial charge is 0.225 e. The number of fused-ring (bicyclic) bond motifs is 1. The van der Waals surface area contributed by atoms with Crippen molar-refractivity contribution < 1.29 is 0 Å². The molecule has 1 saturated carbocycles. The van der Waals surface area contributed by atoms with E-state index in [2.05, 4.69) is 25.3 Å². The molecule has 0 atom stereocenters. The van der Waals surface area contributed by atoms with E-state index in [-0.39, 0.29) is 0 Å². The first-order valence-corrected chi connectivity index (χ1v) is 4.34. The van der Waals surface area contributed by atoms with Crippen molar-refractivity contribution >= 4 is 17.1 Å². The quantitative estimate of drug-likeness (QED) is 0.712. The van der Waals surface area contributed by atoms with Gasteiger partial charge in [-0.3, -0.25) is 0 Å². The molecule has 5 heteroatoms. The van der Waals surface area contributed by atoms with Crippen LogP contribution in [0.2, 0.25) is 0 Å². The fourth-order valence-electron chi connectivity index (χ4n) is 1.22. The molecule has 0 unspecified atom stereocenters. The van der Waals surface area contributed by atoms with E-state index in [4.69, 9.17) is 0 Å². The highest BCUT2D eigenvalue weighted by molar-refractivity contribution is 5.69. The van der Waals surface area contributed by atoms with Gasteiger partial charge in [-0.2, -0.15) is 4.98 Å². The Morgan fingerprint density at radius 3 is 3.15 bits per heavy atom. The minimum atomic E-state index is 0.580. The molecule has 5 nitrogen and oxygen atoms in total. The largest absolute Gasteiger partial charge is 0.351 e. The van der Waals surface area contributed by atoms with E-state index in [1.54, 1.807) is 12.5 Å². The number of rotatable bonds is 2. The summed E-state index contributed by atoms with van der Waals surface area (Å²) in [5.41, 5.74) is 1.60. The molecule has 0 aromatic carbocycles. The van der Waals surface area contributed by atoms with Gasteiger partial charge >= 0.3 is 0 Å². The molecule has 66 valence electrons. The lowest BCUT2D eigenvalue weighted by atomic mass is 10.5. The van der Waals surface area contributed by atoms with Gasteiger partial charge in [0.2, 0.25) is 5.95 Å². The van der Waals surface area contributed by atoms with E-state index >= 15 is 0 Å². The molecule has 2 aromatic rings. The van der Waals surface area contributed by atoms with Gasteiger partial charge in [-0.1, -0.05) is 0 Å². The van der Waals surface area contributed by atoms with Crippen molar-refractivity contribution in [2.24, 2.45) is 0 Å². The fraction of sp³-hybridized carbons (Fsp3) is 0.375. The van der Waals surface area contributed by atoms with Gasteiger partial charge in [-0.25, -0.2) is 9.97 Å². The first-order chi connectivity index (χ1) is 6.42. The number of imidazole rings is 1. The van der Waals surface area contributed by atoms with E-state index in [1.165, 1.54) is 12.8 Å². The number of aromatic amines is 1. The topological polar surface area (TPSA) is 66.5 Å². The summed E-state index contributed by atoms with van der Waals surface area (Å²) in [5, 5.41) is 3.22. The van der Waals surface area contributed by atoms with Crippen LogP contribution in [0, 0.1) is 0 Å². The molecule has 0 bridgehead atoms. The Balaban J connectivity index is 1.99. The molecule has 3 rings (SSSR count). The molecular formula is C8H9N5. The average Bonchev–Trinajstić information content (AvgIpc) is 2.83. The van der Waals surface area contributed by atoms with E-state index in [1.807, 2.05) is 0 Å². The summed E-state index contributed by atoms with van der Waals surface area (Å²) in [4.78, 5) is 15.4. The van der Waals surface area contributed by atoms with Crippen LogP contribution in [0.15, 0.2) is 12.5 Å². The van der Waals surface area contributed by atoms with Gasteiger partial charge in [0.1, 0.15) is 5.52 Å². The maximum atomic E-state index is 4.25. The number of nitrogens with zero attached hydrogens (tertiary/aromatic N) is 3. The highest BCUT2D eigenvalue weighted by atomic mass is 15.2. The second-order valence-corrected chi connectivity index (χ2v) is 3.25. The predicted molar refractivity (Wildman–Crippen MR) is 48.3 cm³/mol.